The Morgan fingerprint density at radius 2 is 2.28 bits per heavy atom. The summed E-state index contributed by atoms with van der Waals surface area (Å²) >= 11 is 0. The molecule has 1 aliphatic carbocycles. The molecule has 1 saturated carbocycles. The molecule has 5 nitrogen and oxygen atoms in total. The number of hydrogen-bond donors (Lipinski definition) is 2. The smallest absolute Gasteiger partial charge is 0.323 e. The normalized spacial score (nSPS) is 27.9. The van der Waals surface area contributed by atoms with Crippen LogP contribution in [0.2, 0.25) is 0 Å². The van der Waals surface area contributed by atoms with Crippen LogP contribution < -0.4 is 5.32 Å². The first kappa shape index (κ1) is 15.4. The topological polar surface area (TPSA) is 61.8 Å². The van der Waals surface area contributed by atoms with Crippen LogP contribution in [0.1, 0.15) is 33.1 Å². The lowest BCUT2D eigenvalue weighted by Crippen LogP contribution is -2.51. The van der Waals surface area contributed by atoms with Crippen LogP contribution in [0, 0.1) is 0 Å². The van der Waals surface area contributed by atoms with Gasteiger partial charge in [-0.05, 0) is 39.8 Å². The number of nitrogens with zero attached hydrogens (tertiary/aromatic N) is 1. The minimum atomic E-state index is -0.723. The van der Waals surface area contributed by atoms with Crippen LogP contribution in [0.5, 0.6) is 0 Å². The Bertz CT molecular complexity index is 273. The van der Waals surface area contributed by atoms with Crippen LogP contribution in [-0.2, 0) is 9.53 Å². The lowest BCUT2D eigenvalue weighted by Gasteiger charge is -2.28. The number of nitrogens with one attached hydrogen (secondary N) is 1. The minimum absolute atomic E-state index is 0.334. The number of carboxylic acids is 1. The Balaban J connectivity index is 2.49. The molecule has 0 amide bonds. The van der Waals surface area contributed by atoms with Gasteiger partial charge in [0.25, 0.3) is 0 Å². The zero-order chi connectivity index (χ0) is 13.6. The number of rotatable bonds is 8. The van der Waals surface area contributed by atoms with E-state index in [1.807, 2.05) is 20.9 Å². The predicted octanol–water partition coefficient (Wildman–Crippen LogP) is 0.940. The third-order valence-corrected chi connectivity index (χ3v) is 3.83. The fourth-order valence-electron chi connectivity index (χ4n) is 2.70. The van der Waals surface area contributed by atoms with Crippen molar-refractivity contribution in [1.82, 2.24) is 10.2 Å². The van der Waals surface area contributed by atoms with Gasteiger partial charge in [-0.15, -0.1) is 0 Å². The van der Waals surface area contributed by atoms with Crippen molar-refractivity contribution in [3.63, 3.8) is 0 Å². The molecule has 5 heteroatoms. The van der Waals surface area contributed by atoms with Crippen LogP contribution in [0.4, 0.5) is 0 Å². The number of hydrogen-bond acceptors (Lipinski definition) is 4. The van der Waals surface area contributed by atoms with E-state index in [2.05, 4.69) is 10.2 Å². The molecule has 0 heterocycles. The van der Waals surface area contributed by atoms with Gasteiger partial charge in [0.05, 0.1) is 6.61 Å². The zero-order valence-corrected chi connectivity index (χ0v) is 11.7. The van der Waals surface area contributed by atoms with E-state index in [1.54, 1.807) is 0 Å². The SMILES string of the molecule is CCNC1(C(=O)O)CCC(N(C)CCOCC)C1. The van der Waals surface area contributed by atoms with Gasteiger partial charge in [-0.3, -0.25) is 4.79 Å². The Morgan fingerprint density at radius 3 is 2.83 bits per heavy atom. The lowest BCUT2D eigenvalue weighted by atomic mass is 9.97. The summed E-state index contributed by atoms with van der Waals surface area (Å²) in [6.45, 7) is 6.94. The van der Waals surface area contributed by atoms with E-state index < -0.39 is 11.5 Å². The van der Waals surface area contributed by atoms with Crippen molar-refractivity contribution >= 4 is 5.97 Å². The second-order valence-corrected chi connectivity index (χ2v) is 4.99. The Labute approximate surface area is 109 Å². The summed E-state index contributed by atoms with van der Waals surface area (Å²) in [5.41, 5.74) is -0.723. The molecule has 0 aromatic heterocycles. The first-order valence-corrected chi connectivity index (χ1v) is 6.82. The summed E-state index contributed by atoms with van der Waals surface area (Å²) < 4.78 is 5.34. The number of carbonyl (C=O) groups is 1. The summed E-state index contributed by atoms with van der Waals surface area (Å²) in [6.07, 6.45) is 2.32. The van der Waals surface area contributed by atoms with Crippen LogP contribution in [-0.4, -0.2) is 60.9 Å². The number of ether oxygens (including phenoxy) is 1. The third kappa shape index (κ3) is 3.67. The molecule has 2 N–H and O–H groups in total. The van der Waals surface area contributed by atoms with Gasteiger partial charge < -0.3 is 20.1 Å². The third-order valence-electron chi connectivity index (χ3n) is 3.83. The highest BCUT2D eigenvalue weighted by Gasteiger charge is 2.45. The summed E-state index contributed by atoms with van der Waals surface area (Å²) in [5, 5.41) is 12.6. The minimum Gasteiger partial charge on any atom is -0.480 e. The van der Waals surface area contributed by atoms with Crippen molar-refractivity contribution in [2.75, 3.05) is 33.4 Å². The van der Waals surface area contributed by atoms with E-state index in [0.29, 0.717) is 32.0 Å². The van der Waals surface area contributed by atoms with Crippen LogP contribution in [0.25, 0.3) is 0 Å². The molecular formula is C13H26N2O3. The van der Waals surface area contributed by atoms with Crippen molar-refractivity contribution in [1.29, 1.82) is 0 Å². The van der Waals surface area contributed by atoms with Crippen LogP contribution in [0.15, 0.2) is 0 Å². The summed E-state index contributed by atoms with van der Waals surface area (Å²) in [4.78, 5) is 13.7. The maximum Gasteiger partial charge on any atom is 0.323 e. The zero-order valence-electron chi connectivity index (χ0n) is 11.7. The van der Waals surface area contributed by atoms with Gasteiger partial charge in [0.2, 0.25) is 0 Å². The first-order chi connectivity index (χ1) is 8.55. The van der Waals surface area contributed by atoms with Gasteiger partial charge in [0.1, 0.15) is 5.54 Å². The van der Waals surface area contributed by atoms with Crippen molar-refractivity contribution in [2.24, 2.45) is 0 Å². The molecule has 0 aromatic rings. The van der Waals surface area contributed by atoms with E-state index in [4.69, 9.17) is 4.74 Å². The van der Waals surface area contributed by atoms with Crippen molar-refractivity contribution in [3.8, 4) is 0 Å². The van der Waals surface area contributed by atoms with Crippen LogP contribution >= 0.6 is 0 Å². The fraction of sp³-hybridized carbons (Fsp3) is 0.923. The molecular weight excluding hydrogens is 232 g/mol. The highest BCUT2D eigenvalue weighted by atomic mass is 16.5. The summed E-state index contributed by atoms with van der Waals surface area (Å²) in [6, 6.07) is 0.334. The quantitative estimate of drug-likeness (QED) is 0.635. The van der Waals surface area contributed by atoms with Gasteiger partial charge in [-0.25, -0.2) is 0 Å². The maximum absolute atomic E-state index is 11.4. The number of aliphatic carboxylic acids is 1. The first-order valence-electron chi connectivity index (χ1n) is 6.82. The summed E-state index contributed by atoms with van der Waals surface area (Å²) in [5.74, 6) is -0.718. The standard InChI is InChI=1S/C13H26N2O3/c1-4-14-13(12(16)17)7-6-11(10-13)15(3)8-9-18-5-2/h11,14H,4-10H2,1-3H3,(H,16,17). The number of likely N-dealkylation sites (N-methyl/N-ethyl adjacent to an activating group) is 2. The Kier molecular flexibility index (Phi) is 6.05. The molecule has 0 bridgehead atoms. The van der Waals surface area contributed by atoms with Crippen molar-refractivity contribution < 1.29 is 14.6 Å². The molecule has 1 rings (SSSR count). The second kappa shape index (κ2) is 7.07. The molecule has 106 valence electrons. The summed E-state index contributed by atoms with van der Waals surface area (Å²) in [7, 11) is 2.05. The molecule has 18 heavy (non-hydrogen) atoms. The van der Waals surface area contributed by atoms with Gasteiger partial charge in [0.15, 0.2) is 0 Å². The van der Waals surface area contributed by atoms with Gasteiger partial charge in [-0.2, -0.15) is 0 Å². The average Bonchev–Trinajstić information content (AvgIpc) is 2.75. The molecule has 2 atom stereocenters. The largest absolute Gasteiger partial charge is 0.480 e. The maximum atomic E-state index is 11.4. The highest BCUT2D eigenvalue weighted by Crippen LogP contribution is 2.32. The van der Waals surface area contributed by atoms with E-state index in [-0.39, 0.29) is 0 Å². The van der Waals surface area contributed by atoms with Gasteiger partial charge >= 0.3 is 5.97 Å². The molecule has 2 unspecified atom stereocenters. The van der Waals surface area contributed by atoms with Gasteiger partial charge in [0, 0.05) is 19.2 Å². The molecule has 0 radical (unpaired) electrons. The Morgan fingerprint density at radius 1 is 1.56 bits per heavy atom. The molecule has 0 aliphatic heterocycles. The van der Waals surface area contributed by atoms with Gasteiger partial charge in [-0.1, -0.05) is 6.92 Å². The predicted molar refractivity (Wildman–Crippen MR) is 70.8 cm³/mol. The average molecular weight is 258 g/mol. The molecule has 0 aromatic carbocycles. The lowest BCUT2D eigenvalue weighted by molar-refractivity contribution is -0.144. The Hall–Kier alpha value is -0.650. The van der Waals surface area contributed by atoms with E-state index >= 15 is 0 Å². The van der Waals surface area contributed by atoms with E-state index in [1.165, 1.54) is 0 Å². The second-order valence-electron chi connectivity index (χ2n) is 4.99. The highest BCUT2D eigenvalue weighted by molar-refractivity contribution is 5.79. The van der Waals surface area contributed by atoms with E-state index in [9.17, 15) is 9.90 Å². The van der Waals surface area contributed by atoms with Crippen molar-refractivity contribution in [2.45, 2.75) is 44.7 Å². The van der Waals surface area contributed by atoms with Crippen molar-refractivity contribution in [3.05, 3.63) is 0 Å². The molecule has 0 saturated heterocycles. The fourth-order valence-corrected chi connectivity index (χ4v) is 2.70. The molecule has 1 fully saturated rings. The number of carboxylic acid groups (broad SMARTS) is 1. The van der Waals surface area contributed by atoms with E-state index in [0.717, 1.165) is 19.6 Å². The van der Waals surface area contributed by atoms with Crippen LogP contribution in [0.3, 0.4) is 0 Å². The molecule has 1 aliphatic rings. The molecule has 0 spiro atoms. The monoisotopic (exact) mass is 258 g/mol.